The van der Waals surface area contributed by atoms with Crippen LogP contribution >= 0.6 is 0 Å². The van der Waals surface area contributed by atoms with Gasteiger partial charge in [-0.3, -0.25) is 4.79 Å². The number of amides is 1. The maximum Gasteiger partial charge on any atom is 0.494 e. The molecule has 0 unspecified atom stereocenters. The van der Waals surface area contributed by atoms with Gasteiger partial charge in [-0.05, 0) is 75.7 Å². The van der Waals surface area contributed by atoms with Gasteiger partial charge < -0.3 is 15.0 Å². The van der Waals surface area contributed by atoms with Gasteiger partial charge in [0.15, 0.2) is 0 Å². The smallest absolute Gasteiger partial charge is 0.399 e. The number of benzene rings is 2. The van der Waals surface area contributed by atoms with Gasteiger partial charge in [-0.2, -0.15) is 0 Å². The zero-order valence-electron chi connectivity index (χ0n) is 16.6. The molecule has 0 atom stereocenters. The van der Waals surface area contributed by atoms with Crippen molar-refractivity contribution in [3.63, 3.8) is 0 Å². The van der Waals surface area contributed by atoms with Crippen LogP contribution in [0, 0.1) is 0 Å². The third-order valence-electron chi connectivity index (χ3n) is 5.67. The van der Waals surface area contributed by atoms with Crippen LogP contribution in [-0.2, 0) is 22.2 Å². The summed E-state index contributed by atoms with van der Waals surface area (Å²) in [7, 11) is -0.312. The van der Waals surface area contributed by atoms with Crippen molar-refractivity contribution < 1.29 is 14.1 Å². The van der Waals surface area contributed by atoms with Crippen LogP contribution in [0.3, 0.4) is 0 Å². The lowest BCUT2D eigenvalue weighted by Crippen LogP contribution is -2.41. The summed E-state index contributed by atoms with van der Waals surface area (Å²) < 4.78 is 12.2. The van der Waals surface area contributed by atoms with Gasteiger partial charge in [0.05, 0.1) is 11.2 Å². The molecule has 1 aliphatic rings. The lowest BCUT2D eigenvalue weighted by molar-refractivity contribution is 0.00578. The summed E-state index contributed by atoms with van der Waals surface area (Å²) in [6.45, 7) is 8.27. The maximum absolute atomic E-state index is 11.1. The Bertz CT molecular complexity index is 781. The van der Waals surface area contributed by atoms with Crippen LogP contribution in [0.1, 0.15) is 55.6 Å². The lowest BCUT2D eigenvalue weighted by Gasteiger charge is -2.32. The van der Waals surface area contributed by atoms with E-state index >= 15 is 0 Å². The summed E-state index contributed by atoms with van der Waals surface area (Å²) in [5.74, 6) is -0.386. The molecule has 0 bridgehead atoms. The van der Waals surface area contributed by atoms with Gasteiger partial charge >= 0.3 is 7.12 Å². The van der Waals surface area contributed by atoms with Crippen LogP contribution in [0.5, 0.6) is 0 Å². The summed E-state index contributed by atoms with van der Waals surface area (Å²) >= 11 is 0. The Hall–Kier alpha value is -2.11. The number of hydrogen-bond acceptors (Lipinski definition) is 3. The number of primary amides is 1. The lowest BCUT2D eigenvalue weighted by atomic mass is 9.78. The van der Waals surface area contributed by atoms with E-state index in [9.17, 15) is 4.79 Å². The van der Waals surface area contributed by atoms with E-state index in [-0.39, 0.29) is 24.2 Å². The highest BCUT2D eigenvalue weighted by molar-refractivity contribution is 6.62. The largest absolute Gasteiger partial charge is 0.494 e. The highest BCUT2D eigenvalue weighted by Gasteiger charge is 2.51. The minimum atomic E-state index is -0.386. The SMILES string of the molecule is CC1(C)OB(c2ccc(CCCc3ccc(C(N)=O)cc3)cc2)OC1(C)C. The van der Waals surface area contributed by atoms with Crippen molar-refractivity contribution in [2.24, 2.45) is 5.73 Å². The molecule has 27 heavy (non-hydrogen) atoms. The molecule has 2 aromatic carbocycles. The van der Waals surface area contributed by atoms with E-state index in [4.69, 9.17) is 15.0 Å². The first-order chi connectivity index (χ1) is 12.7. The topological polar surface area (TPSA) is 61.5 Å². The second-order valence-electron chi connectivity index (χ2n) is 8.24. The molecule has 1 aliphatic heterocycles. The number of carbonyl (C=O) groups excluding carboxylic acids is 1. The Morgan fingerprint density at radius 3 is 1.74 bits per heavy atom. The number of rotatable bonds is 6. The van der Waals surface area contributed by atoms with Crippen LogP contribution in [0.15, 0.2) is 48.5 Å². The fourth-order valence-corrected chi connectivity index (χ4v) is 3.15. The highest BCUT2D eigenvalue weighted by atomic mass is 16.7. The molecule has 1 fully saturated rings. The van der Waals surface area contributed by atoms with Crippen LogP contribution < -0.4 is 11.2 Å². The quantitative estimate of drug-likeness (QED) is 0.800. The van der Waals surface area contributed by atoms with Crippen molar-refractivity contribution in [2.75, 3.05) is 0 Å². The van der Waals surface area contributed by atoms with Crippen molar-refractivity contribution in [2.45, 2.75) is 58.2 Å². The van der Waals surface area contributed by atoms with Crippen molar-refractivity contribution in [3.05, 3.63) is 65.2 Å². The Balaban J connectivity index is 1.53. The van der Waals surface area contributed by atoms with Gasteiger partial charge in [-0.15, -0.1) is 0 Å². The van der Waals surface area contributed by atoms with E-state index < -0.39 is 0 Å². The Morgan fingerprint density at radius 2 is 1.30 bits per heavy atom. The number of nitrogens with two attached hydrogens (primary N) is 1. The van der Waals surface area contributed by atoms with E-state index in [1.807, 2.05) is 12.1 Å². The van der Waals surface area contributed by atoms with Gasteiger partial charge in [0.2, 0.25) is 5.91 Å². The number of carbonyl (C=O) groups is 1. The third kappa shape index (κ3) is 4.42. The Morgan fingerprint density at radius 1 is 0.852 bits per heavy atom. The fourth-order valence-electron chi connectivity index (χ4n) is 3.15. The maximum atomic E-state index is 11.1. The van der Waals surface area contributed by atoms with E-state index in [1.165, 1.54) is 11.1 Å². The van der Waals surface area contributed by atoms with Crippen LogP contribution in [0.2, 0.25) is 0 Å². The van der Waals surface area contributed by atoms with E-state index in [0.717, 1.165) is 24.7 Å². The minimum absolute atomic E-state index is 0.312. The monoisotopic (exact) mass is 365 g/mol. The standard InChI is InChI=1S/C22H28BNO3/c1-21(2)22(3,4)27-23(26-21)19-14-10-17(11-15-19)7-5-6-16-8-12-18(13-9-16)20(24)25/h8-15H,5-7H2,1-4H3,(H2,24,25). The number of aryl methyl sites for hydroxylation is 2. The van der Waals surface area contributed by atoms with Gasteiger partial charge in [-0.25, -0.2) is 0 Å². The van der Waals surface area contributed by atoms with Crippen LogP contribution in [0.4, 0.5) is 0 Å². The molecule has 2 aromatic rings. The highest BCUT2D eigenvalue weighted by Crippen LogP contribution is 2.36. The molecule has 0 radical (unpaired) electrons. The summed E-state index contributed by atoms with van der Waals surface area (Å²) in [5.41, 5.74) is 8.75. The van der Waals surface area contributed by atoms with Crippen molar-refractivity contribution in [1.82, 2.24) is 0 Å². The predicted molar refractivity (Wildman–Crippen MR) is 109 cm³/mol. The average molecular weight is 365 g/mol. The van der Waals surface area contributed by atoms with Crippen LogP contribution in [-0.4, -0.2) is 24.2 Å². The Kier molecular flexibility index (Phi) is 5.45. The zero-order chi connectivity index (χ0) is 19.7. The van der Waals surface area contributed by atoms with E-state index in [1.54, 1.807) is 12.1 Å². The normalized spacial score (nSPS) is 17.9. The summed E-state index contributed by atoms with van der Waals surface area (Å²) in [4.78, 5) is 11.1. The fraction of sp³-hybridized carbons (Fsp3) is 0.409. The molecular weight excluding hydrogens is 337 g/mol. The minimum Gasteiger partial charge on any atom is -0.399 e. The van der Waals surface area contributed by atoms with Gasteiger partial charge in [0.25, 0.3) is 0 Å². The van der Waals surface area contributed by atoms with Crippen molar-refractivity contribution in [3.8, 4) is 0 Å². The third-order valence-corrected chi connectivity index (χ3v) is 5.67. The first-order valence-electron chi connectivity index (χ1n) is 9.51. The molecule has 0 saturated carbocycles. The Labute approximate surface area is 162 Å². The van der Waals surface area contributed by atoms with Crippen LogP contribution in [0.25, 0.3) is 0 Å². The van der Waals surface area contributed by atoms with Gasteiger partial charge in [0.1, 0.15) is 0 Å². The van der Waals surface area contributed by atoms with Gasteiger partial charge in [0, 0.05) is 5.56 Å². The summed E-state index contributed by atoms with van der Waals surface area (Å²) in [6.07, 6.45) is 3.02. The molecule has 142 valence electrons. The second-order valence-corrected chi connectivity index (χ2v) is 8.24. The molecule has 0 aliphatic carbocycles. The molecular formula is C22H28BNO3. The molecule has 1 heterocycles. The predicted octanol–water partition coefficient (Wildman–Crippen LogP) is 3.26. The molecule has 3 rings (SSSR count). The van der Waals surface area contributed by atoms with E-state index in [2.05, 4.69) is 52.0 Å². The van der Waals surface area contributed by atoms with Crippen molar-refractivity contribution in [1.29, 1.82) is 0 Å². The molecule has 0 spiro atoms. The number of hydrogen-bond donors (Lipinski definition) is 1. The first kappa shape index (κ1) is 19.7. The second kappa shape index (κ2) is 7.49. The molecule has 1 saturated heterocycles. The van der Waals surface area contributed by atoms with E-state index in [0.29, 0.717) is 5.56 Å². The first-order valence-corrected chi connectivity index (χ1v) is 9.51. The molecule has 1 amide bonds. The zero-order valence-corrected chi connectivity index (χ0v) is 16.6. The molecule has 2 N–H and O–H groups in total. The summed E-state index contributed by atoms with van der Waals surface area (Å²) in [6, 6.07) is 16.0. The van der Waals surface area contributed by atoms with Crippen molar-refractivity contribution >= 4 is 18.5 Å². The molecule has 4 nitrogen and oxygen atoms in total. The molecule has 0 aromatic heterocycles. The van der Waals surface area contributed by atoms with Gasteiger partial charge in [-0.1, -0.05) is 36.4 Å². The summed E-state index contributed by atoms with van der Waals surface area (Å²) in [5, 5.41) is 0. The average Bonchev–Trinajstić information content (AvgIpc) is 2.83. The molecule has 5 heteroatoms.